The third-order valence-electron chi connectivity index (χ3n) is 4.41. The van der Waals surface area contributed by atoms with Gasteiger partial charge >= 0.3 is 0 Å². The molecule has 3 rings (SSSR count). The molecule has 0 fully saturated rings. The maximum absolute atomic E-state index is 12.8. The lowest BCUT2D eigenvalue weighted by molar-refractivity contribution is 0.0987. The summed E-state index contributed by atoms with van der Waals surface area (Å²) in [5.74, 6) is -0.230. The first-order valence-corrected chi connectivity index (χ1v) is 8.94. The number of amides is 2. The molecule has 4 nitrogen and oxygen atoms in total. The van der Waals surface area contributed by atoms with E-state index in [-0.39, 0.29) is 11.8 Å². The highest BCUT2D eigenvalue weighted by molar-refractivity contribution is 6.07. The van der Waals surface area contributed by atoms with Crippen molar-refractivity contribution in [3.05, 3.63) is 95.6 Å². The topological polar surface area (TPSA) is 49.4 Å². The van der Waals surface area contributed by atoms with Crippen LogP contribution in [0.15, 0.2) is 78.9 Å². The van der Waals surface area contributed by atoms with E-state index in [0.29, 0.717) is 23.4 Å². The Morgan fingerprint density at radius 2 is 1.48 bits per heavy atom. The normalized spacial score (nSPS) is 10.3. The van der Waals surface area contributed by atoms with Crippen molar-refractivity contribution in [3.8, 4) is 0 Å². The summed E-state index contributed by atoms with van der Waals surface area (Å²) in [4.78, 5) is 26.9. The fraction of sp³-hybridized carbons (Fsp3) is 0.130. The van der Waals surface area contributed by atoms with Gasteiger partial charge in [0, 0.05) is 29.0 Å². The molecule has 3 aromatic carbocycles. The molecule has 0 aliphatic carbocycles. The molecule has 0 saturated carbocycles. The summed E-state index contributed by atoms with van der Waals surface area (Å²) >= 11 is 0. The highest BCUT2D eigenvalue weighted by Gasteiger charge is 2.16. The van der Waals surface area contributed by atoms with Gasteiger partial charge in [-0.25, -0.2) is 0 Å². The van der Waals surface area contributed by atoms with Crippen LogP contribution < -0.4 is 10.2 Å². The van der Waals surface area contributed by atoms with Gasteiger partial charge in [0.1, 0.15) is 0 Å². The molecule has 0 heterocycles. The Morgan fingerprint density at radius 1 is 0.852 bits per heavy atom. The fourth-order valence-electron chi connectivity index (χ4n) is 2.93. The SMILES string of the molecule is CCN(C(=O)c1ccc(NC(=O)c2ccccc2C)cc1)c1ccccc1. The molecule has 1 N–H and O–H groups in total. The molecule has 27 heavy (non-hydrogen) atoms. The van der Waals surface area contributed by atoms with Crippen molar-refractivity contribution < 1.29 is 9.59 Å². The summed E-state index contributed by atoms with van der Waals surface area (Å²) < 4.78 is 0. The minimum absolute atomic E-state index is 0.0690. The van der Waals surface area contributed by atoms with E-state index in [1.165, 1.54) is 0 Å². The molecular formula is C23H22N2O2. The zero-order valence-electron chi connectivity index (χ0n) is 15.5. The smallest absolute Gasteiger partial charge is 0.258 e. The van der Waals surface area contributed by atoms with Gasteiger partial charge in [0.25, 0.3) is 11.8 Å². The van der Waals surface area contributed by atoms with E-state index >= 15 is 0 Å². The van der Waals surface area contributed by atoms with Gasteiger partial charge in [-0.1, -0.05) is 36.4 Å². The Morgan fingerprint density at radius 3 is 2.11 bits per heavy atom. The van der Waals surface area contributed by atoms with Crippen LogP contribution in [0.5, 0.6) is 0 Å². The molecule has 0 aromatic heterocycles. The van der Waals surface area contributed by atoms with E-state index in [9.17, 15) is 9.59 Å². The van der Waals surface area contributed by atoms with Gasteiger partial charge in [0.05, 0.1) is 0 Å². The van der Waals surface area contributed by atoms with Crippen molar-refractivity contribution in [3.63, 3.8) is 0 Å². The van der Waals surface area contributed by atoms with Crippen LogP contribution in [0, 0.1) is 6.92 Å². The summed E-state index contributed by atoms with van der Waals surface area (Å²) in [6.45, 7) is 4.43. The average molecular weight is 358 g/mol. The molecule has 2 amide bonds. The number of hydrogen-bond acceptors (Lipinski definition) is 2. The third-order valence-corrected chi connectivity index (χ3v) is 4.41. The lowest BCUT2D eigenvalue weighted by atomic mass is 10.1. The predicted molar refractivity (Wildman–Crippen MR) is 109 cm³/mol. The molecule has 0 aliphatic rings. The van der Waals surface area contributed by atoms with Gasteiger partial charge in [-0.05, 0) is 61.9 Å². The zero-order valence-corrected chi connectivity index (χ0v) is 15.5. The maximum atomic E-state index is 12.8. The molecule has 0 atom stereocenters. The number of nitrogens with one attached hydrogen (secondary N) is 1. The molecule has 4 heteroatoms. The summed E-state index contributed by atoms with van der Waals surface area (Å²) in [6, 6.07) is 24.0. The molecule has 0 spiro atoms. The van der Waals surface area contributed by atoms with Crippen molar-refractivity contribution in [1.29, 1.82) is 0 Å². The molecule has 0 bridgehead atoms. The molecule has 0 aliphatic heterocycles. The number of anilines is 2. The van der Waals surface area contributed by atoms with E-state index in [2.05, 4.69) is 5.32 Å². The van der Waals surface area contributed by atoms with E-state index in [4.69, 9.17) is 0 Å². The number of carbonyl (C=O) groups is 2. The van der Waals surface area contributed by atoms with Gasteiger partial charge < -0.3 is 10.2 Å². The molecule has 3 aromatic rings. The molecular weight excluding hydrogens is 336 g/mol. The van der Waals surface area contributed by atoms with Crippen molar-refractivity contribution in [1.82, 2.24) is 0 Å². The second-order valence-electron chi connectivity index (χ2n) is 6.23. The fourth-order valence-corrected chi connectivity index (χ4v) is 2.93. The van der Waals surface area contributed by atoms with Crippen molar-refractivity contribution >= 4 is 23.2 Å². The minimum Gasteiger partial charge on any atom is -0.322 e. The van der Waals surface area contributed by atoms with Crippen LogP contribution in [0.2, 0.25) is 0 Å². The lowest BCUT2D eigenvalue weighted by Crippen LogP contribution is -2.30. The first-order valence-electron chi connectivity index (χ1n) is 8.94. The lowest BCUT2D eigenvalue weighted by Gasteiger charge is -2.21. The van der Waals surface area contributed by atoms with Gasteiger partial charge in [0.2, 0.25) is 0 Å². The number of benzene rings is 3. The largest absolute Gasteiger partial charge is 0.322 e. The number of carbonyl (C=O) groups excluding carboxylic acids is 2. The summed E-state index contributed by atoms with van der Waals surface area (Å²) in [5, 5.41) is 2.88. The Hall–Kier alpha value is -3.40. The van der Waals surface area contributed by atoms with Crippen LogP contribution >= 0.6 is 0 Å². The molecule has 0 radical (unpaired) electrons. The van der Waals surface area contributed by atoms with Crippen LogP contribution in [0.4, 0.5) is 11.4 Å². The first kappa shape index (κ1) is 18.4. The average Bonchev–Trinajstić information content (AvgIpc) is 2.70. The summed E-state index contributed by atoms with van der Waals surface area (Å²) in [5.41, 5.74) is 3.65. The number of rotatable bonds is 5. The highest BCUT2D eigenvalue weighted by Crippen LogP contribution is 2.19. The van der Waals surface area contributed by atoms with Gasteiger partial charge in [-0.2, -0.15) is 0 Å². The number of aryl methyl sites for hydroxylation is 1. The Labute approximate surface area is 159 Å². The van der Waals surface area contributed by atoms with Gasteiger partial charge in [-0.15, -0.1) is 0 Å². The maximum Gasteiger partial charge on any atom is 0.258 e. The van der Waals surface area contributed by atoms with E-state index < -0.39 is 0 Å². The summed E-state index contributed by atoms with van der Waals surface area (Å²) in [7, 11) is 0. The van der Waals surface area contributed by atoms with E-state index in [0.717, 1.165) is 11.3 Å². The van der Waals surface area contributed by atoms with Crippen LogP contribution in [0.1, 0.15) is 33.2 Å². The number of nitrogens with zero attached hydrogens (tertiary/aromatic N) is 1. The zero-order chi connectivity index (χ0) is 19.2. The standard InChI is InChI=1S/C23H22N2O2/c1-3-25(20-10-5-4-6-11-20)23(27)18-13-15-19(16-14-18)24-22(26)21-12-8-7-9-17(21)2/h4-16H,3H2,1-2H3,(H,24,26). The number of hydrogen-bond donors (Lipinski definition) is 1. The second kappa shape index (κ2) is 8.32. The predicted octanol–water partition coefficient (Wildman–Crippen LogP) is 4.91. The quantitative estimate of drug-likeness (QED) is 0.704. The van der Waals surface area contributed by atoms with E-state index in [1.54, 1.807) is 35.2 Å². The van der Waals surface area contributed by atoms with Crippen LogP contribution in [0.25, 0.3) is 0 Å². The van der Waals surface area contributed by atoms with Gasteiger partial charge in [0.15, 0.2) is 0 Å². The molecule has 136 valence electrons. The van der Waals surface area contributed by atoms with Crippen molar-refractivity contribution in [2.75, 3.05) is 16.8 Å². The Balaban J connectivity index is 1.74. The monoisotopic (exact) mass is 358 g/mol. The number of para-hydroxylation sites is 1. The van der Waals surface area contributed by atoms with Crippen LogP contribution in [-0.4, -0.2) is 18.4 Å². The van der Waals surface area contributed by atoms with Crippen LogP contribution in [0.3, 0.4) is 0 Å². The molecule has 0 unspecified atom stereocenters. The van der Waals surface area contributed by atoms with Crippen molar-refractivity contribution in [2.24, 2.45) is 0 Å². The molecule has 0 saturated heterocycles. The van der Waals surface area contributed by atoms with Crippen molar-refractivity contribution in [2.45, 2.75) is 13.8 Å². The highest BCUT2D eigenvalue weighted by atomic mass is 16.2. The Bertz CT molecular complexity index is 934. The third kappa shape index (κ3) is 4.23. The van der Waals surface area contributed by atoms with Crippen LogP contribution in [-0.2, 0) is 0 Å². The minimum atomic E-state index is -0.161. The summed E-state index contributed by atoms with van der Waals surface area (Å²) in [6.07, 6.45) is 0. The van der Waals surface area contributed by atoms with Gasteiger partial charge in [-0.3, -0.25) is 9.59 Å². The Kier molecular flexibility index (Phi) is 5.67. The second-order valence-corrected chi connectivity index (χ2v) is 6.23. The first-order chi connectivity index (χ1) is 13.1. The van der Waals surface area contributed by atoms with E-state index in [1.807, 2.05) is 62.4 Å².